The number of fused-ring (bicyclic) bond motifs is 5. The van der Waals surface area contributed by atoms with Crippen LogP contribution >= 0.6 is 0 Å². The van der Waals surface area contributed by atoms with Crippen molar-refractivity contribution >= 4 is 22.8 Å². The number of benzene rings is 1. The van der Waals surface area contributed by atoms with Crippen LogP contribution in [0.4, 0.5) is 4.39 Å². The first kappa shape index (κ1) is 24.4. The van der Waals surface area contributed by atoms with Crippen molar-refractivity contribution in [1.29, 1.82) is 0 Å². The highest BCUT2D eigenvalue weighted by atomic mass is 19.1. The number of carbonyl (C=O) groups is 2. The molecule has 2 aromatic heterocycles. The van der Waals surface area contributed by atoms with E-state index in [0.717, 1.165) is 34.9 Å². The van der Waals surface area contributed by atoms with Crippen molar-refractivity contribution < 1.29 is 28.9 Å². The van der Waals surface area contributed by atoms with Gasteiger partial charge in [-0.05, 0) is 61.8 Å². The van der Waals surface area contributed by atoms with Gasteiger partial charge in [0.25, 0.3) is 5.56 Å². The van der Waals surface area contributed by atoms with Crippen molar-refractivity contribution in [3.05, 3.63) is 61.7 Å². The number of esters is 1. The lowest BCUT2D eigenvalue weighted by molar-refractivity contribution is -0.173. The van der Waals surface area contributed by atoms with Crippen LogP contribution in [0.25, 0.3) is 22.3 Å². The van der Waals surface area contributed by atoms with E-state index in [1.807, 2.05) is 0 Å². The van der Waals surface area contributed by atoms with E-state index in [4.69, 9.17) is 9.72 Å². The second-order valence-electron chi connectivity index (χ2n) is 11.4. The molecule has 0 bridgehead atoms. The van der Waals surface area contributed by atoms with Crippen LogP contribution in [0.1, 0.15) is 72.0 Å². The largest absolute Gasteiger partial charge is 0.458 e. The summed E-state index contributed by atoms with van der Waals surface area (Å²) >= 11 is 0. The highest BCUT2D eigenvalue weighted by Gasteiger charge is 2.49. The first-order valence-corrected chi connectivity index (χ1v) is 13.4. The van der Waals surface area contributed by atoms with Gasteiger partial charge in [0.05, 0.1) is 35.1 Å². The molecule has 4 heterocycles. The number of carbonyl (C=O) groups excluding carboxylic acids is 2. The van der Waals surface area contributed by atoms with Crippen LogP contribution in [-0.4, -0.2) is 37.7 Å². The van der Waals surface area contributed by atoms with Gasteiger partial charge in [-0.2, -0.15) is 0 Å². The molecule has 10 heteroatoms. The first-order valence-electron chi connectivity index (χ1n) is 13.4. The summed E-state index contributed by atoms with van der Waals surface area (Å²) in [6, 6.07) is 2.56. The van der Waals surface area contributed by atoms with E-state index in [1.165, 1.54) is 13.0 Å². The molecule has 1 fully saturated rings. The zero-order chi connectivity index (χ0) is 27.4. The molecular weight excluding hydrogens is 505 g/mol. The third-order valence-corrected chi connectivity index (χ3v) is 8.84. The summed E-state index contributed by atoms with van der Waals surface area (Å²) in [5.74, 6) is -1.48. The Kier molecular flexibility index (Phi) is 5.13. The Labute approximate surface area is 222 Å². The number of halogens is 1. The molecule has 3 aromatic rings. The van der Waals surface area contributed by atoms with Gasteiger partial charge in [-0.15, -0.1) is 0 Å². The van der Waals surface area contributed by atoms with E-state index in [1.54, 1.807) is 17.6 Å². The Morgan fingerprint density at radius 3 is 2.74 bits per heavy atom. The molecule has 0 radical (unpaired) electrons. The number of aliphatic hydroxyl groups excluding tert-OH is 1. The van der Waals surface area contributed by atoms with E-state index >= 15 is 0 Å². The lowest BCUT2D eigenvalue weighted by Gasteiger charge is -2.32. The fraction of sp³-hybridized carbons (Fsp3) is 0.448. The number of cyclic esters (lactones) is 1. The minimum Gasteiger partial charge on any atom is -0.458 e. The van der Waals surface area contributed by atoms with Gasteiger partial charge in [0.2, 0.25) is 5.91 Å². The average molecular weight is 534 g/mol. The van der Waals surface area contributed by atoms with Gasteiger partial charge in [0.1, 0.15) is 18.5 Å². The van der Waals surface area contributed by atoms with Gasteiger partial charge in [0.15, 0.2) is 5.60 Å². The van der Waals surface area contributed by atoms with Gasteiger partial charge in [-0.25, -0.2) is 14.2 Å². The Balaban J connectivity index is 1.48. The van der Waals surface area contributed by atoms with E-state index in [0.29, 0.717) is 35.3 Å². The lowest BCUT2D eigenvalue weighted by Crippen LogP contribution is -2.45. The molecule has 0 spiro atoms. The zero-order valence-electron chi connectivity index (χ0n) is 21.6. The highest BCUT2D eigenvalue weighted by molar-refractivity contribution is 5.94. The third kappa shape index (κ3) is 3.44. The maximum Gasteiger partial charge on any atom is 0.343 e. The summed E-state index contributed by atoms with van der Waals surface area (Å²) in [4.78, 5) is 43.9. The molecule has 1 saturated carbocycles. The predicted octanol–water partition coefficient (Wildman–Crippen LogP) is 2.40. The van der Waals surface area contributed by atoms with Crippen molar-refractivity contribution in [2.75, 3.05) is 0 Å². The zero-order valence-corrected chi connectivity index (χ0v) is 21.6. The number of hydrogen-bond acceptors (Lipinski definition) is 7. The Bertz CT molecular complexity index is 1690. The number of nitrogens with zero attached hydrogens (tertiary/aromatic N) is 2. The molecule has 7 rings (SSSR count). The smallest absolute Gasteiger partial charge is 0.343 e. The standard InChI is InChI=1S/C29H28FN3O6/c1-12-15-5-6-20(32-26(35)13(2)34)24-16-10-33-22(25(16)31-21(23(15)24)8-19(12)30)7-18-17(27(33)36)11-39-28(37)29(18,38)9-14-3-4-14/h7-8,13-14,20,34,38H,3-6,9-11H2,1-2H3,(H,32,35)/t13-,20-,29-/m0/s1. The normalized spacial score (nSPS) is 23.6. The topological polar surface area (TPSA) is 131 Å². The maximum atomic E-state index is 15.0. The molecule has 9 nitrogen and oxygen atoms in total. The second-order valence-corrected chi connectivity index (χ2v) is 11.4. The number of aliphatic hydroxyl groups is 2. The maximum absolute atomic E-state index is 15.0. The SMILES string of the molecule is Cc1c(F)cc2nc3c(c4c2c1CC[C@@H]4NC(=O)[C@H](C)O)Cn1c-3cc2c(c1=O)COC(=O)[C@]2(O)CC1CC1. The minimum atomic E-state index is -1.92. The monoisotopic (exact) mass is 533 g/mol. The molecule has 3 N–H and O–H groups in total. The van der Waals surface area contributed by atoms with Crippen molar-refractivity contribution in [3.8, 4) is 11.4 Å². The molecular formula is C29H28FN3O6. The van der Waals surface area contributed by atoms with Crippen molar-refractivity contribution in [2.45, 2.75) is 76.9 Å². The van der Waals surface area contributed by atoms with Gasteiger partial charge >= 0.3 is 5.97 Å². The van der Waals surface area contributed by atoms with E-state index in [9.17, 15) is 29.0 Å². The molecule has 2 aliphatic heterocycles. The van der Waals surface area contributed by atoms with Gasteiger partial charge in [-0.1, -0.05) is 12.8 Å². The molecule has 3 atom stereocenters. The molecule has 1 amide bonds. The van der Waals surface area contributed by atoms with Gasteiger partial charge in [0, 0.05) is 22.6 Å². The number of nitrogens with one attached hydrogen (secondary N) is 1. The van der Waals surface area contributed by atoms with Crippen LogP contribution in [0.2, 0.25) is 0 Å². The number of rotatable bonds is 4. The minimum absolute atomic E-state index is 0.168. The molecule has 4 aliphatic rings. The quantitative estimate of drug-likeness (QED) is 0.344. The number of amides is 1. The van der Waals surface area contributed by atoms with Crippen molar-refractivity contribution in [1.82, 2.24) is 14.9 Å². The molecule has 39 heavy (non-hydrogen) atoms. The first-order chi connectivity index (χ1) is 18.6. The predicted molar refractivity (Wildman–Crippen MR) is 137 cm³/mol. The molecule has 0 saturated heterocycles. The third-order valence-electron chi connectivity index (χ3n) is 8.84. The van der Waals surface area contributed by atoms with E-state index in [2.05, 4.69) is 5.32 Å². The average Bonchev–Trinajstić information content (AvgIpc) is 3.63. The van der Waals surface area contributed by atoms with Crippen LogP contribution in [0, 0.1) is 18.7 Å². The van der Waals surface area contributed by atoms with E-state index in [-0.39, 0.29) is 48.0 Å². The van der Waals surface area contributed by atoms with Crippen LogP contribution in [0.5, 0.6) is 0 Å². The van der Waals surface area contributed by atoms with E-state index < -0.39 is 29.6 Å². The summed E-state index contributed by atoms with van der Waals surface area (Å²) in [6.07, 6.45) is 1.80. The number of hydrogen-bond donors (Lipinski definition) is 3. The number of aryl methyl sites for hydroxylation is 1. The fourth-order valence-electron chi connectivity index (χ4n) is 6.59. The number of pyridine rings is 2. The Morgan fingerprint density at radius 1 is 1.26 bits per heavy atom. The summed E-state index contributed by atoms with van der Waals surface area (Å²) in [7, 11) is 0. The van der Waals surface area contributed by atoms with Crippen LogP contribution in [0.3, 0.4) is 0 Å². The molecule has 2 aliphatic carbocycles. The molecule has 0 unspecified atom stereocenters. The Hall–Kier alpha value is -3.63. The fourth-order valence-corrected chi connectivity index (χ4v) is 6.59. The molecule has 1 aromatic carbocycles. The lowest BCUT2D eigenvalue weighted by atomic mass is 9.81. The van der Waals surface area contributed by atoms with Crippen LogP contribution < -0.4 is 10.9 Å². The molecule has 202 valence electrons. The van der Waals surface area contributed by atoms with Crippen molar-refractivity contribution in [3.63, 3.8) is 0 Å². The van der Waals surface area contributed by atoms with Gasteiger partial charge in [-0.3, -0.25) is 9.59 Å². The van der Waals surface area contributed by atoms with Crippen molar-refractivity contribution in [2.24, 2.45) is 5.92 Å². The summed E-state index contributed by atoms with van der Waals surface area (Å²) in [5, 5.41) is 25.1. The highest BCUT2D eigenvalue weighted by Crippen LogP contribution is 2.47. The second kappa shape index (κ2) is 8.19. The number of ether oxygens (including phenoxy) is 1. The number of aromatic nitrogens is 2. The Morgan fingerprint density at radius 2 is 2.03 bits per heavy atom. The summed E-state index contributed by atoms with van der Waals surface area (Å²) in [6.45, 7) is 3.06. The van der Waals surface area contributed by atoms with Gasteiger partial charge < -0.3 is 24.8 Å². The summed E-state index contributed by atoms with van der Waals surface area (Å²) in [5.41, 5.74) is 2.33. The summed E-state index contributed by atoms with van der Waals surface area (Å²) < 4.78 is 21.8. The van der Waals surface area contributed by atoms with Crippen LogP contribution in [0.15, 0.2) is 16.9 Å². The van der Waals surface area contributed by atoms with Crippen LogP contribution in [-0.2, 0) is 39.5 Å².